The molecule has 1 unspecified atom stereocenters. The van der Waals surface area contributed by atoms with Crippen LogP contribution < -0.4 is 5.32 Å². The molecule has 3 heterocycles. The molecule has 7 nitrogen and oxygen atoms in total. The lowest BCUT2D eigenvalue weighted by molar-refractivity contribution is 0.0668. The van der Waals surface area contributed by atoms with E-state index in [1.165, 1.54) is 6.39 Å². The number of amides is 2. The molecule has 1 fully saturated rings. The van der Waals surface area contributed by atoms with Crippen molar-refractivity contribution in [3.8, 4) is 0 Å². The Morgan fingerprint density at radius 3 is 2.85 bits per heavy atom. The lowest BCUT2D eigenvalue weighted by atomic mass is 10.0. The van der Waals surface area contributed by atoms with E-state index in [9.17, 15) is 9.59 Å². The van der Waals surface area contributed by atoms with Crippen LogP contribution in [0.2, 0.25) is 0 Å². The summed E-state index contributed by atoms with van der Waals surface area (Å²) in [4.78, 5) is 35.3. The van der Waals surface area contributed by atoms with Gasteiger partial charge in [0, 0.05) is 31.2 Å². The first kappa shape index (κ1) is 18.1. The first-order valence-corrected chi connectivity index (χ1v) is 8.92. The highest BCUT2D eigenvalue weighted by atomic mass is 16.3. The Labute approximate surface area is 152 Å². The van der Waals surface area contributed by atoms with Gasteiger partial charge in [0.05, 0.1) is 0 Å². The van der Waals surface area contributed by atoms with Gasteiger partial charge in [-0.1, -0.05) is 19.9 Å². The van der Waals surface area contributed by atoms with E-state index in [0.29, 0.717) is 30.2 Å². The summed E-state index contributed by atoms with van der Waals surface area (Å²) < 4.78 is 5.36. The zero-order valence-corrected chi connectivity index (χ0v) is 15.4. The van der Waals surface area contributed by atoms with Crippen molar-refractivity contribution in [3.63, 3.8) is 0 Å². The molecule has 1 atom stereocenters. The van der Waals surface area contributed by atoms with E-state index in [1.807, 2.05) is 26.8 Å². The van der Waals surface area contributed by atoms with Crippen molar-refractivity contribution in [2.45, 2.75) is 45.6 Å². The Balaban J connectivity index is 1.67. The van der Waals surface area contributed by atoms with Gasteiger partial charge in [-0.3, -0.25) is 14.6 Å². The summed E-state index contributed by atoms with van der Waals surface area (Å²) in [6.07, 6.45) is 4.58. The number of piperidine rings is 1. The minimum atomic E-state index is -0.202. The fraction of sp³-hybridized carbons (Fsp3) is 0.474. The molecule has 7 heteroatoms. The van der Waals surface area contributed by atoms with Gasteiger partial charge in [0.2, 0.25) is 0 Å². The van der Waals surface area contributed by atoms with Crippen LogP contribution in [0.1, 0.15) is 64.9 Å². The van der Waals surface area contributed by atoms with Crippen molar-refractivity contribution in [2.24, 2.45) is 0 Å². The fourth-order valence-corrected chi connectivity index (χ4v) is 3.23. The van der Waals surface area contributed by atoms with Crippen molar-refractivity contribution in [3.05, 3.63) is 47.4 Å². The average molecular weight is 356 g/mol. The highest BCUT2D eigenvalue weighted by Crippen LogP contribution is 2.21. The lowest BCUT2D eigenvalue weighted by Gasteiger charge is -2.33. The summed E-state index contributed by atoms with van der Waals surface area (Å²) in [6.45, 7) is 6.90. The van der Waals surface area contributed by atoms with Crippen LogP contribution in [0, 0.1) is 6.92 Å². The molecular formula is C19H24N4O3. The van der Waals surface area contributed by atoms with Crippen LogP contribution in [0.25, 0.3) is 0 Å². The van der Waals surface area contributed by atoms with Gasteiger partial charge in [0.1, 0.15) is 11.5 Å². The molecule has 2 amide bonds. The van der Waals surface area contributed by atoms with Gasteiger partial charge < -0.3 is 14.6 Å². The number of nitrogens with zero attached hydrogens (tertiary/aromatic N) is 3. The second kappa shape index (κ2) is 7.68. The third-order valence-electron chi connectivity index (χ3n) is 4.59. The monoisotopic (exact) mass is 356 g/mol. The van der Waals surface area contributed by atoms with Gasteiger partial charge in [0.25, 0.3) is 11.8 Å². The zero-order chi connectivity index (χ0) is 18.7. The van der Waals surface area contributed by atoms with E-state index < -0.39 is 0 Å². The summed E-state index contributed by atoms with van der Waals surface area (Å²) in [7, 11) is 0. The maximum absolute atomic E-state index is 12.8. The predicted octanol–water partition coefficient (Wildman–Crippen LogP) is 2.54. The second-order valence-electron chi connectivity index (χ2n) is 6.95. The molecule has 1 aliphatic rings. The summed E-state index contributed by atoms with van der Waals surface area (Å²) in [5.74, 6) is 0.344. The smallest absolute Gasteiger partial charge is 0.276 e. The van der Waals surface area contributed by atoms with Gasteiger partial charge in [-0.25, -0.2) is 4.98 Å². The summed E-state index contributed by atoms with van der Waals surface area (Å²) in [6, 6.07) is 3.56. The molecule has 0 aliphatic carbocycles. The molecule has 3 rings (SSSR count). The Bertz CT molecular complexity index is 800. The first-order valence-electron chi connectivity index (χ1n) is 8.92. The molecule has 0 spiro atoms. The number of carbonyl (C=O) groups is 2. The van der Waals surface area contributed by atoms with Crippen LogP contribution in [0.3, 0.4) is 0 Å². The molecule has 0 saturated carbocycles. The molecule has 2 aromatic rings. The largest absolute Gasteiger partial charge is 0.447 e. The number of nitrogens with one attached hydrogen (secondary N) is 1. The van der Waals surface area contributed by atoms with E-state index in [0.717, 1.165) is 18.4 Å². The maximum atomic E-state index is 12.8. The van der Waals surface area contributed by atoms with Crippen LogP contribution in [0.15, 0.2) is 29.1 Å². The topological polar surface area (TPSA) is 88.3 Å². The number of aromatic nitrogens is 2. The van der Waals surface area contributed by atoms with E-state index >= 15 is 0 Å². The number of rotatable bonds is 4. The van der Waals surface area contributed by atoms with E-state index in [4.69, 9.17) is 4.42 Å². The second-order valence-corrected chi connectivity index (χ2v) is 6.95. The number of carbonyl (C=O) groups excluding carboxylic acids is 2. The third-order valence-corrected chi connectivity index (χ3v) is 4.59. The minimum Gasteiger partial charge on any atom is -0.447 e. The summed E-state index contributed by atoms with van der Waals surface area (Å²) >= 11 is 0. The number of hydrogen-bond acceptors (Lipinski definition) is 5. The molecule has 2 aromatic heterocycles. The number of aryl methyl sites for hydroxylation is 1. The van der Waals surface area contributed by atoms with Crippen LogP contribution in [0.4, 0.5) is 0 Å². The van der Waals surface area contributed by atoms with Gasteiger partial charge >= 0.3 is 0 Å². The molecule has 1 N–H and O–H groups in total. The number of likely N-dealkylation sites (tertiary alicyclic amines) is 1. The standard InChI is InChI=1S/C19H24N4O3/c1-12(2)17-16(21-11-26-17)19(25)23-9-5-7-14(10-23)22-18(24)15-13(3)6-4-8-20-15/h4,6,8,11-12,14H,5,7,9-10H2,1-3H3,(H,22,24). The van der Waals surface area contributed by atoms with E-state index in [2.05, 4.69) is 15.3 Å². The number of pyridine rings is 1. The molecule has 26 heavy (non-hydrogen) atoms. The highest BCUT2D eigenvalue weighted by Gasteiger charge is 2.29. The lowest BCUT2D eigenvalue weighted by Crippen LogP contribution is -2.50. The quantitative estimate of drug-likeness (QED) is 0.909. The van der Waals surface area contributed by atoms with Gasteiger partial charge in [0.15, 0.2) is 12.1 Å². The Morgan fingerprint density at radius 2 is 2.12 bits per heavy atom. The van der Waals surface area contributed by atoms with Crippen molar-refractivity contribution in [1.29, 1.82) is 0 Å². The number of oxazole rings is 1. The molecular weight excluding hydrogens is 332 g/mol. The summed E-state index contributed by atoms with van der Waals surface area (Å²) in [5.41, 5.74) is 1.63. The molecule has 0 bridgehead atoms. The number of hydrogen-bond donors (Lipinski definition) is 1. The Morgan fingerprint density at radius 1 is 1.31 bits per heavy atom. The van der Waals surface area contributed by atoms with Crippen LogP contribution in [-0.4, -0.2) is 45.8 Å². The Kier molecular flexibility index (Phi) is 5.35. The van der Waals surface area contributed by atoms with Gasteiger partial charge in [-0.05, 0) is 31.4 Å². The maximum Gasteiger partial charge on any atom is 0.276 e. The zero-order valence-electron chi connectivity index (χ0n) is 15.4. The van der Waals surface area contributed by atoms with E-state index in [-0.39, 0.29) is 23.8 Å². The first-order chi connectivity index (χ1) is 12.5. The van der Waals surface area contributed by atoms with Crippen molar-refractivity contribution < 1.29 is 14.0 Å². The van der Waals surface area contributed by atoms with Crippen molar-refractivity contribution in [1.82, 2.24) is 20.2 Å². The van der Waals surface area contributed by atoms with Crippen molar-refractivity contribution in [2.75, 3.05) is 13.1 Å². The molecule has 138 valence electrons. The SMILES string of the molecule is Cc1cccnc1C(=O)NC1CCCN(C(=O)c2ncoc2C(C)C)C1. The van der Waals surface area contributed by atoms with Crippen LogP contribution >= 0.6 is 0 Å². The predicted molar refractivity (Wildman–Crippen MR) is 96.0 cm³/mol. The molecule has 0 aromatic carbocycles. The van der Waals surface area contributed by atoms with Crippen molar-refractivity contribution >= 4 is 11.8 Å². The minimum absolute atomic E-state index is 0.0869. The van der Waals surface area contributed by atoms with Gasteiger partial charge in [-0.2, -0.15) is 0 Å². The molecule has 0 radical (unpaired) electrons. The highest BCUT2D eigenvalue weighted by molar-refractivity contribution is 5.94. The average Bonchev–Trinajstić information content (AvgIpc) is 3.11. The third kappa shape index (κ3) is 3.76. The molecule has 1 aliphatic heterocycles. The normalized spacial score (nSPS) is 17.4. The van der Waals surface area contributed by atoms with Gasteiger partial charge in [-0.15, -0.1) is 0 Å². The molecule has 1 saturated heterocycles. The van der Waals surface area contributed by atoms with Crippen LogP contribution in [-0.2, 0) is 0 Å². The van der Waals surface area contributed by atoms with E-state index in [1.54, 1.807) is 17.2 Å². The van der Waals surface area contributed by atoms with Crippen LogP contribution in [0.5, 0.6) is 0 Å². The Hall–Kier alpha value is -2.70. The summed E-state index contributed by atoms with van der Waals surface area (Å²) in [5, 5.41) is 3.00. The fourth-order valence-electron chi connectivity index (χ4n) is 3.23.